The second kappa shape index (κ2) is 3.81. The zero-order valence-corrected chi connectivity index (χ0v) is 10.7. The molecule has 0 saturated heterocycles. The van der Waals surface area contributed by atoms with Crippen molar-refractivity contribution in [1.29, 1.82) is 0 Å². The molecule has 0 aromatic heterocycles. The van der Waals surface area contributed by atoms with Crippen LogP contribution in [0.4, 0.5) is 22.7 Å². The molecule has 4 nitrogen and oxygen atoms in total. The SMILES string of the molecule is Nc1ccc2c(c1)Oc1cc(N)c3ccccc3c1N2. The maximum absolute atomic E-state index is 6.10. The first-order valence-electron chi connectivity index (χ1n) is 6.38. The number of anilines is 4. The lowest BCUT2D eigenvalue weighted by Crippen LogP contribution is -2.05. The standard InChI is InChI=1S/C16H13N3O/c17-9-5-6-13-14(7-9)20-15-8-12(18)10-3-1-2-4-11(10)16(15)19-13/h1-8,19H,17-18H2. The third-order valence-electron chi connectivity index (χ3n) is 3.53. The Labute approximate surface area is 116 Å². The van der Waals surface area contributed by atoms with Crippen molar-refractivity contribution in [2.75, 3.05) is 16.8 Å². The molecule has 0 spiro atoms. The van der Waals surface area contributed by atoms with Gasteiger partial charge in [0.2, 0.25) is 0 Å². The summed E-state index contributed by atoms with van der Waals surface area (Å²) < 4.78 is 5.92. The molecule has 0 aliphatic carbocycles. The third kappa shape index (κ3) is 1.48. The number of fused-ring (bicyclic) bond motifs is 4. The number of benzene rings is 3. The molecule has 0 amide bonds. The molecule has 4 heteroatoms. The molecule has 1 aliphatic heterocycles. The zero-order valence-electron chi connectivity index (χ0n) is 10.7. The van der Waals surface area contributed by atoms with E-state index in [9.17, 15) is 0 Å². The lowest BCUT2D eigenvalue weighted by Gasteiger charge is -2.24. The molecule has 3 aromatic rings. The van der Waals surface area contributed by atoms with Crippen LogP contribution < -0.4 is 21.5 Å². The van der Waals surface area contributed by atoms with Gasteiger partial charge in [0.25, 0.3) is 0 Å². The average Bonchev–Trinajstić information content (AvgIpc) is 2.46. The highest BCUT2D eigenvalue weighted by molar-refractivity contribution is 6.06. The minimum atomic E-state index is 0.669. The van der Waals surface area contributed by atoms with E-state index >= 15 is 0 Å². The van der Waals surface area contributed by atoms with Gasteiger partial charge in [-0.1, -0.05) is 24.3 Å². The summed E-state index contributed by atoms with van der Waals surface area (Å²) in [7, 11) is 0. The Morgan fingerprint density at radius 1 is 0.850 bits per heavy atom. The predicted molar refractivity (Wildman–Crippen MR) is 82.6 cm³/mol. The highest BCUT2D eigenvalue weighted by Crippen LogP contribution is 2.47. The van der Waals surface area contributed by atoms with Crippen LogP contribution in [0.1, 0.15) is 0 Å². The van der Waals surface area contributed by atoms with Crippen molar-refractivity contribution in [3.05, 3.63) is 48.5 Å². The number of hydrogen-bond donors (Lipinski definition) is 3. The Balaban J connectivity index is 1.98. The molecule has 5 N–H and O–H groups in total. The number of rotatable bonds is 0. The van der Waals surface area contributed by atoms with Gasteiger partial charge in [-0.05, 0) is 12.1 Å². The van der Waals surface area contributed by atoms with Crippen LogP contribution in [0.3, 0.4) is 0 Å². The first kappa shape index (κ1) is 11.0. The van der Waals surface area contributed by atoms with Gasteiger partial charge in [0, 0.05) is 34.3 Å². The van der Waals surface area contributed by atoms with E-state index in [-0.39, 0.29) is 0 Å². The van der Waals surface area contributed by atoms with Crippen molar-refractivity contribution < 1.29 is 4.74 Å². The van der Waals surface area contributed by atoms with Crippen LogP contribution in [0, 0.1) is 0 Å². The van der Waals surface area contributed by atoms with Crippen molar-refractivity contribution in [1.82, 2.24) is 0 Å². The molecule has 0 radical (unpaired) electrons. The molecular formula is C16H13N3O. The molecule has 0 atom stereocenters. The Morgan fingerprint density at radius 2 is 1.65 bits per heavy atom. The van der Waals surface area contributed by atoms with Gasteiger partial charge in [0.1, 0.15) is 0 Å². The lowest BCUT2D eigenvalue weighted by atomic mass is 10.0. The van der Waals surface area contributed by atoms with Crippen LogP contribution in [0.25, 0.3) is 10.8 Å². The minimum absolute atomic E-state index is 0.669. The van der Waals surface area contributed by atoms with Crippen molar-refractivity contribution in [3.63, 3.8) is 0 Å². The molecule has 0 fully saturated rings. The van der Waals surface area contributed by atoms with E-state index in [1.165, 1.54) is 0 Å². The van der Waals surface area contributed by atoms with Crippen molar-refractivity contribution in [2.45, 2.75) is 0 Å². The van der Waals surface area contributed by atoms with Gasteiger partial charge in [-0.25, -0.2) is 0 Å². The Bertz CT molecular complexity index is 842. The molecule has 1 heterocycles. The van der Waals surface area contributed by atoms with Crippen LogP contribution in [0.2, 0.25) is 0 Å². The maximum Gasteiger partial charge on any atom is 0.153 e. The smallest absolute Gasteiger partial charge is 0.153 e. The topological polar surface area (TPSA) is 73.3 Å². The van der Waals surface area contributed by atoms with Gasteiger partial charge < -0.3 is 21.5 Å². The Hall–Kier alpha value is -2.88. The maximum atomic E-state index is 6.10. The van der Waals surface area contributed by atoms with Crippen LogP contribution in [0.5, 0.6) is 11.5 Å². The number of nitrogens with two attached hydrogens (primary N) is 2. The fourth-order valence-corrected chi connectivity index (χ4v) is 2.57. The summed E-state index contributed by atoms with van der Waals surface area (Å²) in [4.78, 5) is 0. The van der Waals surface area contributed by atoms with E-state index < -0.39 is 0 Å². The average molecular weight is 263 g/mol. The Morgan fingerprint density at radius 3 is 2.50 bits per heavy atom. The summed E-state index contributed by atoms with van der Waals surface area (Å²) in [5, 5.41) is 5.46. The summed E-state index contributed by atoms with van der Waals surface area (Å²) in [5.74, 6) is 1.44. The van der Waals surface area contributed by atoms with Gasteiger partial charge in [-0.15, -0.1) is 0 Å². The number of nitrogen functional groups attached to an aromatic ring is 2. The van der Waals surface area contributed by atoms with Crippen molar-refractivity contribution >= 4 is 33.5 Å². The molecule has 0 saturated carbocycles. The summed E-state index contributed by atoms with van der Waals surface area (Å²) in [6.07, 6.45) is 0. The molecule has 1 aliphatic rings. The van der Waals surface area contributed by atoms with E-state index in [2.05, 4.69) is 5.32 Å². The second-order valence-corrected chi connectivity index (χ2v) is 4.87. The van der Waals surface area contributed by atoms with Gasteiger partial charge in [0.15, 0.2) is 11.5 Å². The first-order chi connectivity index (χ1) is 9.72. The highest BCUT2D eigenvalue weighted by Gasteiger charge is 2.20. The molecule has 3 aromatic carbocycles. The zero-order chi connectivity index (χ0) is 13.7. The third-order valence-corrected chi connectivity index (χ3v) is 3.53. The normalized spacial score (nSPS) is 12.2. The van der Waals surface area contributed by atoms with E-state index in [4.69, 9.17) is 16.2 Å². The van der Waals surface area contributed by atoms with Gasteiger partial charge in [0.05, 0.1) is 11.4 Å². The van der Waals surface area contributed by atoms with Crippen LogP contribution >= 0.6 is 0 Å². The number of hydrogen-bond acceptors (Lipinski definition) is 4. The van der Waals surface area contributed by atoms with Gasteiger partial charge >= 0.3 is 0 Å². The van der Waals surface area contributed by atoms with Crippen LogP contribution in [-0.2, 0) is 0 Å². The predicted octanol–water partition coefficient (Wildman–Crippen LogP) is 3.85. The van der Waals surface area contributed by atoms with E-state index in [1.54, 1.807) is 6.07 Å². The lowest BCUT2D eigenvalue weighted by molar-refractivity contribution is 0.482. The number of nitrogens with one attached hydrogen (secondary N) is 1. The van der Waals surface area contributed by atoms with E-state index in [1.807, 2.05) is 42.5 Å². The largest absolute Gasteiger partial charge is 0.453 e. The fraction of sp³-hybridized carbons (Fsp3) is 0. The number of ether oxygens (including phenoxy) is 1. The fourth-order valence-electron chi connectivity index (χ4n) is 2.57. The second-order valence-electron chi connectivity index (χ2n) is 4.87. The summed E-state index contributed by atoms with van der Waals surface area (Å²) in [5.41, 5.74) is 15.1. The molecule has 98 valence electrons. The van der Waals surface area contributed by atoms with Gasteiger partial charge in [-0.3, -0.25) is 0 Å². The summed E-state index contributed by atoms with van der Waals surface area (Å²) in [6, 6.07) is 15.4. The Kier molecular flexibility index (Phi) is 2.09. The van der Waals surface area contributed by atoms with Crippen molar-refractivity contribution in [2.24, 2.45) is 0 Å². The summed E-state index contributed by atoms with van der Waals surface area (Å²) in [6.45, 7) is 0. The quantitative estimate of drug-likeness (QED) is 0.421. The molecule has 0 bridgehead atoms. The van der Waals surface area contributed by atoms with Crippen molar-refractivity contribution in [3.8, 4) is 11.5 Å². The van der Waals surface area contributed by atoms with Gasteiger partial charge in [-0.2, -0.15) is 0 Å². The monoisotopic (exact) mass is 263 g/mol. The molecular weight excluding hydrogens is 250 g/mol. The molecule has 4 rings (SSSR count). The summed E-state index contributed by atoms with van der Waals surface area (Å²) >= 11 is 0. The highest BCUT2D eigenvalue weighted by atomic mass is 16.5. The molecule has 0 unspecified atom stereocenters. The molecule has 20 heavy (non-hydrogen) atoms. The minimum Gasteiger partial charge on any atom is -0.453 e. The van der Waals surface area contributed by atoms with Crippen LogP contribution in [-0.4, -0.2) is 0 Å². The first-order valence-corrected chi connectivity index (χ1v) is 6.38. The van der Waals surface area contributed by atoms with Crippen LogP contribution in [0.15, 0.2) is 48.5 Å². The van der Waals surface area contributed by atoms with E-state index in [0.29, 0.717) is 17.1 Å². The van der Waals surface area contributed by atoms with E-state index in [0.717, 1.165) is 27.9 Å².